The van der Waals surface area contributed by atoms with Crippen molar-refractivity contribution in [3.63, 3.8) is 0 Å². The summed E-state index contributed by atoms with van der Waals surface area (Å²) in [5.41, 5.74) is 2.05. The van der Waals surface area contributed by atoms with Gasteiger partial charge in [0.1, 0.15) is 17.5 Å². The lowest BCUT2D eigenvalue weighted by molar-refractivity contribution is 0.102. The quantitative estimate of drug-likeness (QED) is 0.358. The van der Waals surface area contributed by atoms with E-state index in [9.17, 15) is 13.6 Å². The summed E-state index contributed by atoms with van der Waals surface area (Å²) in [7, 11) is 0. The van der Waals surface area contributed by atoms with Crippen LogP contribution in [-0.2, 0) is 0 Å². The third-order valence-electron chi connectivity index (χ3n) is 6.13. The molecular weight excluding hydrogens is 484 g/mol. The van der Waals surface area contributed by atoms with E-state index in [4.69, 9.17) is 4.98 Å². The molecule has 3 aromatic heterocycles. The van der Waals surface area contributed by atoms with Gasteiger partial charge in [-0.1, -0.05) is 29.5 Å². The average Bonchev–Trinajstić information content (AvgIpc) is 3.65. The number of anilines is 2. The lowest BCUT2D eigenvalue weighted by Crippen LogP contribution is -2.24. The SMILES string of the molecule is O=C(Nc1nnc(-c2cnn3ccc(N4CCCC4c4cc(F)ccc4F)nc23)s1)c1ccccc1. The predicted octanol–water partition coefficient (Wildman–Crippen LogP) is 5.12. The highest BCUT2D eigenvalue weighted by Gasteiger charge is 2.30. The standard InChI is InChI=1S/C25H19F2N7OS/c26-16-8-9-19(27)17(13-16)20-7-4-11-33(20)21-10-12-34-22(29-21)18(14-28-34)24-31-32-25(36-24)30-23(35)15-5-2-1-3-6-15/h1-3,5-6,8-10,12-14,20H,4,7,11H2,(H,30,32,35). The van der Waals surface area contributed by atoms with E-state index in [0.29, 0.717) is 51.3 Å². The van der Waals surface area contributed by atoms with Crippen LogP contribution < -0.4 is 10.2 Å². The van der Waals surface area contributed by atoms with Crippen LogP contribution in [0.2, 0.25) is 0 Å². The summed E-state index contributed by atoms with van der Waals surface area (Å²) in [5, 5.41) is 16.3. The molecule has 0 radical (unpaired) electrons. The van der Waals surface area contributed by atoms with E-state index >= 15 is 0 Å². The van der Waals surface area contributed by atoms with Crippen LogP contribution in [0.15, 0.2) is 67.0 Å². The Hall–Kier alpha value is -4.25. The minimum atomic E-state index is -0.467. The number of nitrogens with zero attached hydrogens (tertiary/aromatic N) is 6. The topological polar surface area (TPSA) is 88.3 Å². The summed E-state index contributed by atoms with van der Waals surface area (Å²) in [5.74, 6) is -0.537. The third-order valence-corrected chi connectivity index (χ3v) is 7.00. The number of nitrogens with one attached hydrogen (secondary N) is 1. The number of aromatic nitrogens is 5. The molecule has 0 saturated carbocycles. The van der Waals surface area contributed by atoms with Crippen molar-refractivity contribution in [2.24, 2.45) is 0 Å². The molecular formula is C25H19F2N7OS. The van der Waals surface area contributed by atoms with Crippen LogP contribution in [0.5, 0.6) is 0 Å². The molecule has 1 N–H and O–H groups in total. The van der Waals surface area contributed by atoms with Gasteiger partial charge in [0.25, 0.3) is 5.91 Å². The fourth-order valence-electron chi connectivity index (χ4n) is 4.45. The lowest BCUT2D eigenvalue weighted by atomic mass is 10.0. The molecule has 2 aromatic carbocycles. The molecule has 1 atom stereocenters. The summed E-state index contributed by atoms with van der Waals surface area (Å²) in [6, 6.07) is 13.9. The molecule has 0 bridgehead atoms. The molecule has 5 aromatic rings. The van der Waals surface area contributed by atoms with Crippen LogP contribution in [0.25, 0.3) is 16.2 Å². The second-order valence-corrected chi connectivity index (χ2v) is 9.34. The van der Waals surface area contributed by atoms with E-state index < -0.39 is 11.6 Å². The van der Waals surface area contributed by atoms with Crippen LogP contribution in [-0.4, -0.2) is 37.2 Å². The first-order valence-electron chi connectivity index (χ1n) is 11.3. The summed E-state index contributed by atoms with van der Waals surface area (Å²) in [6.07, 6.45) is 4.95. The molecule has 8 nitrogen and oxygen atoms in total. The molecule has 1 aliphatic rings. The molecule has 180 valence electrons. The van der Waals surface area contributed by atoms with Gasteiger partial charge in [0.05, 0.1) is 17.8 Å². The van der Waals surface area contributed by atoms with Gasteiger partial charge in [0, 0.05) is 23.9 Å². The maximum Gasteiger partial charge on any atom is 0.257 e. The van der Waals surface area contributed by atoms with Crippen molar-refractivity contribution in [3.05, 3.63) is 89.8 Å². The van der Waals surface area contributed by atoms with Gasteiger partial charge in [-0.2, -0.15) is 5.10 Å². The molecule has 0 spiro atoms. The highest BCUT2D eigenvalue weighted by atomic mass is 32.1. The van der Waals surface area contributed by atoms with Gasteiger partial charge >= 0.3 is 0 Å². The molecule has 11 heteroatoms. The van der Waals surface area contributed by atoms with Crippen LogP contribution in [0.3, 0.4) is 0 Å². The monoisotopic (exact) mass is 503 g/mol. The third kappa shape index (κ3) is 4.07. The second-order valence-electron chi connectivity index (χ2n) is 8.36. The summed E-state index contributed by atoms with van der Waals surface area (Å²) >= 11 is 1.22. The van der Waals surface area contributed by atoms with Crippen molar-refractivity contribution in [2.75, 3.05) is 16.8 Å². The largest absolute Gasteiger partial charge is 0.349 e. The predicted molar refractivity (Wildman–Crippen MR) is 132 cm³/mol. The van der Waals surface area contributed by atoms with Crippen molar-refractivity contribution < 1.29 is 13.6 Å². The number of rotatable bonds is 5. The first kappa shape index (κ1) is 22.2. The van der Waals surface area contributed by atoms with Crippen LogP contribution in [0.1, 0.15) is 34.8 Å². The Kier molecular flexibility index (Phi) is 5.61. The van der Waals surface area contributed by atoms with Gasteiger partial charge in [-0.15, -0.1) is 10.2 Å². The van der Waals surface area contributed by atoms with Crippen molar-refractivity contribution in [1.29, 1.82) is 0 Å². The number of carbonyl (C=O) groups is 1. The average molecular weight is 504 g/mol. The Morgan fingerprint density at radius 2 is 1.94 bits per heavy atom. The van der Waals surface area contributed by atoms with Crippen molar-refractivity contribution in [2.45, 2.75) is 18.9 Å². The number of hydrogen-bond acceptors (Lipinski definition) is 7. The molecule has 1 fully saturated rings. The van der Waals surface area contributed by atoms with E-state index in [0.717, 1.165) is 18.6 Å². The summed E-state index contributed by atoms with van der Waals surface area (Å²) in [6.45, 7) is 0.668. The Balaban J connectivity index is 1.30. The molecule has 36 heavy (non-hydrogen) atoms. The zero-order valence-corrected chi connectivity index (χ0v) is 19.6. The van der Waals surface area contributed by atoms with E-state index in [1.165, 1.54) is 17.4 Å². The van der Waals surface area contributed by atoms with Gasteiger partial charge in [0.15, 0.2) is 10.7 Å². The van der Waals surface area contributed by atoms with E-state index in [-0.39, 0.29) is 11.9 Å². The van der Waals surface area contributed by atoms with E-state index in [2.05, 4.69) is 20.6 Å². The highest BCUT2D eigenvalue weighted by molar-refractivity contribution is 7.18. The minimum absolute atomic E-state index is 0.275. The van der Waals surface area contributed by atoms with Gasteiger partial charge < -0.3 is 4.90 Å². The molecule has 0 aliphatic carbocycles. The van der Waals surface area contributed by atoms with Gasteiger partial charge in [0.2, 0.25) is 5.13 Å². The second kappa shape index (κ2) is 9.08. The lowest BCUT2D eigenvalue weighted by Gasteiger charge is -2.26. The van der Waals surface area contributed by atoms with Crippen molar-refractivity contribution in [3.8, 4) is 10.6 Å². The maximum absolute atomic E-state index is 14.5. The first-order chi connectivity index (χ1) is 17.6. The molecule has 1 saturated heterocycles. The fraction of sp³-hybridized carbons (Fsp3) is 0.160. The normalized spacial score (nSPS) is 15.5. The fourth-order valence-corrected chi connectivity index (χ4v) is 5.19. The number of fused-ring (bicyclic) bond motifs is 1. The van der Waals surface area contributed by atoms with Crippen LogP contribution in [0, 0.1) is 11.6 Å². The van der Waals surface area contributed by atoms with Gasteiger partial charge in [-0.25, -0.2) is 18.3 Å². The summed E-state index contributed by atoms with van der Waals surface area (Å²) in [4.78, 5) is 19.2. The zero-order chi connectivity index (χ0) is 24.6. The number of hydrogen-bond donors (Lipinski definition) is 1. The molecule has 1 amide bonds. The Labute approximate surface area is 208 Å². The zero-order valence-electron chi connectivity index (χ0n) is 18.8. The number of halogens is 2. The Morgan fingerprint density at radius 3 is 2.81 bits per heavy atom. The molecule has 6 rings (SSSR count). The number of benzene rings is 2. The minimum Gasteiger partial charge on any atom is -0.349 e. The van der Waals surface area contributed by atoms with Gasteiger partial charge in [-0.3, -0.25) is 10.1 Å². The summed E-state index contributed by atoms with van der Waals surface area (Å²) < 4.78 is 30.0. The number of carbonyl (C=O) groups excluding carboxylic acids is 1. The Bertz CT molecular complexity index is 1570. The highest BCUT2D eigenvalue weighted by Crippen LogP contribution is 2.37. The van der Waals surface area contributed by atoms with Crippen molar-refractivity contribution >= 4 is 33.8 Å². The van der Waals surface area contributed by atoms with Crippen molar-refractivity contribution in [1.82, 2.24) is 24.8 Å². The number of amides is 1. The van der Waals surface area contributed by atoms with E-state index in [1.54, 1.807) is 41.2 Å². The van der Waals surface area contributed by atoms with Gasteiger partial charge in [-0.05, 0) is 49.2 Å². The molecule has 1 unspecified atom stereocenters. The smallest absolute Gasteiger partial charge is 0.257 e. The Morgan fingerprint density at radius 1 is 1.08 bits per heavy atom. The first-order valence-corrected chi connectivity index (χ1v) is 12.1. The van der Waals surface area contributed by atoms with Crippen LogP contribution >= 0.6 is 11.3 Å². The molecule has 1 aliphatic heterocycles. The maximum atomic E-state index is 14.5. The molecule has 4 heterocycles. The van der Waals surface area contributed by atoms with E-state index in [1.807, 2.05) is 17.0 Å². The van der Waals surface area contributed by atoms with Crippen LogP contribution in [0.4, 0.5) is 19.7 Å².